The molecule has 1 aliphatic rings. The summed E-state index contributed by atoms with van der Waals surface area (Å²) < 4.78 is 42.5. The van der Waals surface area contributed by atoms with Crippen LogP contribution in [-0.2, 0) is 17.5 Å². The van der Waals surface area contributed by atoms with Crippen LogP contribution in [0, 0.1) is 0 Å². The van der Waals surface area contributed by atoms with Crippen LogP contribution in [0.1, 0.15) is 30.0 Å². The Kier molecular flexibility index (Phi) is 6.69. The second-order valence-electron chi connectivity index (χ2n) is 7.06. The van der Waals surface area contributed by atoms with Crippen molar-refractivity contribution >= 4 is 62.4 Å². The molecule has 0 saturated carbocycles. The number of hydrogen-bond acceptors (Lipinski definition) is 4. The molecular formula is C22H17ClF3N3OS2. The van der Waals surface area contributed by atoms with Crippen LogP contribution in [-0.4, -0.2) is 25.8 Å². The maximum absolute atomic E-state index is 13.4. The number of nitrogens with zero attached hydrogens (tertiary/aromatic N) is 3. The molecule has 4 rings (SSSR count). The highest BCUT2D eigenvalue weighted by atomic mass is 35.5. The van der Waals surface area contributed by atoms with Gasteiger partial charge in [-0.05, 0) is 53.6 Å². The summed E-state index contributed by atoms with van der Waals surface area (Å²) in [5, 5.41) is 5.06. The Morgan fingerprint density at radius 2 is 2.03 bits per heavy atom. The van der Waals surface area contributed by atoms with E-state index in [2.05, 4.69) is 17.0 Å². The van der Waals surface area contributed by atoms with Crippen LogP contribution in [0.4, 0.5) is 13.2 Å². The number of fused-ring (bicyclic) bond motifs is 1. The van der Waals surface area contributed by atoms with Crippen LogP contribution in [0.3, 0.4) is 0 Å². The Hall–Kier alpha value is -2.23. The van der Waals surface area contributed by atoms with Crippen LogP contribution in [0.2, 0.25) is 5.02 Å². The molecule has 1 aliphatic heterocycles. The van der Waals surface area contributed by atoms with Gasteiger partial charge in [0, 0.05) is 10.4 Å². The number of aliphatic imine (C=N–C) groups is 1. The molecule has 0 radical (unpaired) electrons. The molecule has 0 aliphatic carbocycles. The van der Waals surface area contributed by atoms with Gasteiger partial charge in [0.2, 0.25) is 0 Å². The molecule has 4 nitrogen and oxygen atoms in total. The third-order valence-electron chi connectivity index (χ3n) is 4.69. The lowest BCUT2D eigenvalue weighted by molar-refractivity contribution is -0.138. The van der Waals surface area contributed by atoms with E-state index in [0.29, 0.717) is 10.4 Å². The standard InChI is InChI=1S/C22H17ClF3N3OS2/c1-2-7-31-21-28-20(30)19(32-21)9-13-3-6-18-15(8-13)11-27-29(18)12-14-4-5-16(23)10-17(14)22(24,25)26/h3-6,8-11H,2,7,12H2,1H3/b19-9-. The highest BCUT2D eigenvalue weighted by Crippen LogP contribution is 2.35. The molecule has 2 aromatic carbocycles. The van der Waals surface area contributed by atoms with E-state index in [4.69, 9.17) is 11.6 Å². The van der Waals surface area contributed by atoms with Crippen molar-refractivity contribution in [2.45, 2.75) is 26.1 Å². The van der Waals surface area contributed by atoms with Gasteiger partial charge >= 0.3 is 6.18 Å². The fourth-order valence-corrected chi connectivity index (χ4v) is 5.32. The molecule has 0 spiro atoms. The molecule has 0 bridgehead atoms. The van der Waals surface area contributed by atoms with E-state index >= 15 is 0 Å². The van der Waals surface area contributed by atoms with E-state index in [1.165, 1.54) is 28.6 Å². The largest absolute Gasteiger partial charge is 0.416 e. The molecule has 0 saturated heterocycles. The molecule has 2 heterocycles. The lowest BCUT2D eigenvalue weighted by atomic mass is 10.1. The predicted molar refractivity (Wildman–Crippen MR) is 126 cm³/mol. The van der Waals surface area contributed by atoms with E-state index in [1.807, 2.05) is 12.1 Å². The lowest BCUT2D eigenvalue weighted by Gasteiger charge is -2.14. The number of rotatable bonds is 5. The summed E-state index contributed by atoms with van der Waals surface area (Å²) in [6, 6.07) is 9.18. The van der Waals surface area contributed by atoms with Gasteiger partial charge in [-0.3, -0.25) is 9.48 Å². The quantitative estimate of drug-likeness (QED) is 0.362. The van der Waals surface area contributed by atoms with Crippen molar-refractivity contribution < 1.29 is 18.0 Å². The Morgan fingerprint density at radius 1 is 1.22 bits per heavy atom. The van der Waals surface area contributed by atoms with Gasteiger partial charge in [0.15, 0.2) is 0 Å². The van der Waals surface area contributed by atoms with Crippen LogP contribution >= 0.6 is 35.1 Å². The maximum atomic E-state index is 13.4. The van der Waals surface area contributed by atoms with Crippen molar-refractivity contribution in [2.75, 3.05) is 5.75 Å². The number of hydrogen-bond donors (Lipinski definition) is 0. The van der Waals surface area contributed by atoms with Gasteiger partial charge in [0.25, 0.3) is 5.91 Å². The summed E-state index contributed by atoms with van der Waals surface area (Å²) >= 11 is 8.69. The zero-order valence-electron chi connectivity index (χ0n) is 16.8. The fraction of sp³-hybridized carbons (Fsp3) is 0.227. The second kappa shape index (κ2) is 9.33. The van der Waals surface area contributed by atoms with Crippen molar-refractivity contribution in [3.05, 3.63) is 69.2 Å². The summed E-state index contributed by atoms with van der Waals surface area (Å²) in [5.41, 5.74) is 0.798. The molecule has 0 unspecified atom stereocenters. The first-order valence-corrected chi connectivity index (χ1v) is 11.9. The lowest BCUT2D eigenvalue weighted by Crippen LogP contribution is -2.12. The molecule has 1 amide bonds. The molecule has 1 aromatic heterocycles. The van der Waals surface area contributed by atoms with E-state index in [1.54, 1.807) is 30.1 Å². The summed E-state index contributed by atoms with van der Waals surface area (Å²) in [6.07, 6.45) is -0.139. The molecule has 3 aromatic rings. The van der Waals surface area contributed by atoms with Gasteiger partial charge in [-0.25, -0.2) is 0 Å². The zero-order chi connectivity index (χ0) is 22.9. The van der Waals surface area contributed by atoms with Crippen LogP contribution in [0.25, 0.3) is 17.0 Å². The number of benzene rings is 2. The van der Waals surface area contributed by atoms with Crippen LogP contribution < -0.4 is 0 Å². The number of carbonyl (C=O) groups is 1. The smallest absolute Gasteiger partial charge is 0.266 e. The summed E-state index contributed by atoms with van der Waals surface area (Å²) in [6.45, 7) is 2.02. The van der Waals surface area contributed by atoms with Crippen LogP contribution in [0.15, 0.2) is 52.5 Å². The number of halogens is 4. The van der Waals surface area contributed by atoms with Gasteiger partial charge < -0.3 is 0 Å². The van der Waals surface area contributed by atoms with Gasteiger partial charge in [-0.15, -0.1) is 0 Å². The summed E-state index contributed by atoms with van der Waals surface area (Å²) in [7, 11) is 0. The minimum Gasteiger partial charge on any atom is -0.266 e. The van der Waals surface area contributed by atoms with Crippen molar-refractivity contribution in [1.82, 2.24) is 9.78 Å². The minimum atomic E-state index is -4.51. The molecule has 0 N–H and O–H groups in total. The van der Waals surface area contributed by atoms with Gasteiger partial charge in [0.05, 0.1) is 28.7 Å². The average molecular weight is 496 g/mol. The van der Waals surface area contributed by atoms with Gasteiger partial charge in [0.1, 0.15) is 4.38 Å². The first-order valence-electron chi connectivity index (χ1n) is 9.71. The number of carbonyl (C=O) groups excluding carboxylic acids is 1. The van der Waals surface area contributed by atoms with E-state index < -0.39 is 11.7 Å². The average Bonchev–Trinajstić information content (AvgIpc) is 3.30. The van der Waals surface area contributed by atoms with E-state index in [9.17, 15) is 18.0 Å². The van der Waals surface area contributed by atoms with Crippen molar-refractivity contribution in [2.24, 2.45) is 4.99 Å². The molecule has 166 valence electrons. The monoisotopic (exact) mass is 495 g/mol. The van der Waals surface area contributed by atoms with Crippen molar-refractivity contribution in [1.29, 1.82) is 0 Å². The third-order valence-corrected chi connectivity index (χ3v) is 7.26. The first kappa shape index (κ1) is 22.9. The second-order valence-corrected chi connectivity index (χ2v) is 9.87. The first-order chi connectivity index (χ1) is 15.2. The van der Waals surface area contributed by atoms with Crippen molar-refractivity contribution in [3.8, 4) is 0 Å². The Bertz CT molecular complexity index is 1250. The molecule has 0 atom stereocenters. The number of amides is 1. The highest BCUT2D eigenvalue weighted by Gasteiger charge is 2.33. The Balaban J connectivity index is 1.58. The van der Waals surface area contributed by atoms with E-state index in [-0.39, 0.29) is 23.0 Å². The van der Waals surface area contributed by atoms with Gasteiger partial charge in [-0.1, -0.05) is 54.2 Å². The molecule has 0 fully saturated rings. The summed E-state index contributed by atoms with van der Waals surface area (Å²) in [5.74, 6) is 0.646. The maximum Gasteiger partial charge on any atom is 0.416 e. The molecular weight excluding hydrogens is 479 g/mol. The molecule has 32 heavy (non-hydrogen) atoms. The SMILES string of the molecule is CCCSC1=NC(=O)/C(=C/c2ccc3c(cnn3Cc3ccc(Cl)cc3C(F)(F)F)c2)S1. The number of aromatic nitrogens is 2. The fourth-order valence-electron chi connectivity index (χ4n) is 3.23. The van der Waals surface area contributed by atoms with Crippen molar-refractivity contribution in [3.63, 3.8) is 0 Å². The number of alkyl halides is 3. The highest BCUT2D eigenvalue weighted by molar-refractivity contribution is 8.41. The van der Waals surface area contributed by atoms with Crippen LogP contribution in [0.5, 0.6) is 0 Å². The number of thioether (sulfide) groups is 2. The third kappa shape index (κ3) is 5.05. The molecule has 10 heteroatoms. The Labute approximate surface area is 195 Å². The normalized spacial score (nSPS) is 15.7. The van der Waals surface area contributed by atoms with E-state index in [0.717, 1.165) is 33.6 Å². The summed E-state index contributed by atoms with van der Waals surface area (Å²) in [4.78, 5) is 16.8. The topological polar surface area (TPSA) is 47.2 Å². The minimum absolute atomic E-state index is 0.0311. The zero-order valence-corrected chi connectivity index (χ0v) is 19.2. The predicted octanol–water partition coefficient (Wildman–Crippen LogP) is 6.87. The Morgan fingerprint density at radius 3 is 2.78 bits per heavy atom. The van der Waals surface area contributed by atoms with Gasteiger partial charge in [-0.2, -0.15) is 23.3 Å².